The second-order valence-corrected chi connectivity index (χ2v) is 26.6. The van der Waals surface area contributed by atoms with E-state index in [1.54, 1.807) is 18.6 Å². The Morgan fingerprint density at radius 3 is 1.99 bits per heavy atom. The van der Waals surface area contributed by atoms with Crippen molar-refractivity contribution >= 4 is 92.8 Å². The van der Waals surface area contributed by atoms with Crippen LogP contribution < -0.4 is 53.6 Å². The molecule has 6 aromatic rings. The van der Waals surface area contributed by atoms with Gasteiger partial charge in [0.2, 0.25) is 53.2 Å². The molecule has 13 N–H and O–H groups in total. The van der Waals surface area contributed by atoms with Crippen molar-refractivity contribution in [3.63, 3.8) is 0 Å². The van der Waals surface area contributed by atoms with Crippen LogP contribution in [0.3, 0.4) is 0 Å². The van der Waals surface area contributed by atoms with Crippen molar-refractivity contribution in [2.45, 2.75) is 157 Å². The largest absolute Gasteiger partial charge is 0.377 e. The highest BCUT2D eigenvalue weighted by atomic mass is 32.2. The number of para-hydroxylation sites is 2. The predicted octanol–water partition coefficient (Wildman–Crippen LogP) is 1.13. The molecular weight excluding hydrogens is 1300 g/mol. The first-order valence-corrected chi connectivity index (χ1v) is 34.8. The lowest BCUT2D eigenvalue weighted by atomic mass is 10.00. The fourth-order valence-corrected chi connectivity index (χ4v) is 14.4. The maximum atomic E-state index is 15.2. The van der Waals surface area contributed by atoms with Gasteiger partial charge in [-0.3, -0.25) is 47.8 Å². The third-order valence-electron chi connectivity index (χ3n) is 18.1. The number of H-pyrrole nitrogens is 2. The number of fused-ring (bicyclic) bond motifs is 6. The van der Waals surface area contributed by atoms with Crippen molar-refractivity contribution in [2.24, 2.45) is 5.73 Å². The summed E-state index contributed by atoms with van der Waals surface area (Å²) < 4.78 is 32.6. The molecular formula is C68H87FN16O13S. The standard InChI is InChI=1S/C68H87FN16O13S/c1-40-67(94)85-25-10-16-56(85)66(93)79-53(33-43-36-73-49-14-5-3-12-47(43)49)65(92)78-52(32-42-35-72-48-13-4-2-11-46(42)48)64(91)77-51(31-41-19-21-44(69)22-20-41)63(90)76-50(61(70)88)15-8-9-24-84-37-45(82-83-84)34-54(62(89)74-40)75-59(87)38-98-30-29-97-28-27-96-26-23-71-58(86)18-7-6-17-57-60-55(39-99-57)80-68(95)81-60/h2-5,11-14,19-22,35-37,40,50-57,60,72-73H,6-10,15-18,23-34,38-39H2,1H3,(H2,70,88)(H,71,86)(H,74,89)(H,75,87)(H,76,90)(H,77,91)(H,78,92)(H,79,93)(H2,80,81,95)/t40-,50+,51+,52-,53-,54+,55+,56-,57+,60+/m1/s1. The van der Waals surface area contributed by atoms with E-state index >= 15 is 9.59 Å². The van der Waals surface area contributed by atoms with E-state index in [4.69, 9.17) is 19.9 Å². The van der Waals surface area contributed by atoms with Crippen molar-refractivity contribution in [3.8, 4) is 0 Å². The highest BCUT2D eigenvalue weighted by Gasteiger charge is 2.43. The quantitative estimate of drug-likeness (QED) is 0.0299. The number of unbranched alkanes of at least 4 members (excludes halogenated alkanes) is 1. The number of nitrogens with one attached hydrogen (secondary N) is 11. The summed E-state index contributed by atoms with van der Waals surface area (Å²) in [5.74, 6) is -5.66. The Balaban J connectivity index is 0.795. The summed E-state index contributed by atoms with van der Waals surface area (Å²) in [5.41, 5.74) is 9.42. The number of aromatic nitrogens is 5. The first-order chi connectivity index (χ1) is 47.9. The minimum absolute atomic E-state index is 0.0131. The van der Waals surface area contributed by atoms with Gasteiger partial charge in [-0.25, -0.2) is 9.18 Å². The maximum Gasteiger partial charge on any atom is 0.315 e. The van der Waals surface area contributed by atoms with Gasteiger partial charge in [-0.05, 0) is 92.8 Å². The number of thioether (sulfide) groups is 1. The van der Waals surface area contributed by atoms with Crippen LogP contribution in [0.2, 0.25) is 0 Å². The number of rotatable bonds is 24. The normalized spacial score (nSPS) is 23.8. The van der Waals surface area contributed by atoms with Crippen molar-refractivity contribution in [2.75, 3.05) is 58.5 Å². The minimum atomic E-state index is -1.41. The number of hydrogen-bond acceptors (Lipinski definition) is 16. The van der Waals surface area contributed by atoms with Crippen LogP contribution in [-0.4, -0.2) is 207 Å². The Morgan fingerprint density at radius 2 is 1.30 bits per heavy atom. The van der Waals surface area contributed by atoms with Gasteiger partial charge in [0, 0.05) is 103 Å². The molecule has 3 saturated heterocycles. The molecule has 530 valence electrons. The number of primary amides is 1. The van der Waals surface area contributed by atoms with Crippen molar-refractivity contribution in [3.05, 3.63) is 120 Å². The summed E-state index contributed by atoms with van der Waals surface area (Å²) in [6.07, 6.45) is 8.75. The van der Waals surface area contributed by atoms with Crippen LogP contribution in [0.1, 0.15) is 87.1 Å². The predicted molar refractivity (Wildman–Crippen MR) is 362 cm³/mol. The molecule has 3 aromatic heterocycles. The van der Waals surface area contributed by atoms with E-state index in [0.29, 0.717) is 54.2 Å². The first-order valence-electron chi connectivity index (χ1n) is 33.8. The van der Waals surface area contributed by atoms with Crippen LogP contribution in [0.5, 0.6) is 0 Å². The number of aryl methyl sites for hydroxylation is 1. The molecule has 99 heavy (non-hydrogen) atoms. The molecule has 11 amide bonds. The van der Waals surface area contributed by atoms with Crippen LogP contribution in [0.15, 0.2) is 91.4 Å². The zero-order valence-corrected chi connectivity index (χ0v) is 56.0. The third-order valence-corrected chi connectivity index (χ3v) is 19.6. The van der Waals surface area contributed by atoms with Gasteiger partial charge in [-0.15, -0.1) is 5.10 Å². The number of halogens is 1. The Kier molecular flexibility index (Phi) is 25.8. The molecule has 0 unspecified atom stereocenters. The molecule has 4 aliphatic rings. The molecule has 7 heterocycles. The van der Waals surface area contributed by atoms with Gasteiger partial charge in [0.15, 0.2) is 0 Å². The van der Waals surface area contributed by atoms with Gasteiger partial charge < -0.3 is 82.7 Å². The number of carbonyl (C=O) groups is 10. The average molecular weight is 1390 g/mol. The Morgan fingerprint density at radius 1 is 0.667 bits per heavy atom. The lowest BCUT2D eigenvalue weighted by Gasteiger charge is -2.30. The number of urea groups is 1. The molecule has 29 nitrogen and oxygen atoms in total. The van der Waals surface area contributed by atoms with E-state index < -0.39 is 102 Å². The molecule has 2 bridgehead atoms. The number of carbonyl (C=O) groups excluding carboxylic acids is 10. The second-order valence-electron chi connectivity index (χ2n) is 25.3. The van der Waals surface area contributed by atoms with Gasteiger partial charge in [-0.1, -0.05) is 60.2 Å². The zero-order chi connectivity index (χ0) is 69.8. The van der Waals surface area contributed by atoms with Crippen LogP contribution in [-0.2, 0) is 89.6 Å². The number of aromatic amines is 2. The molecule has 10 rings (SSSR count). The molecule has 0 spiro atoms. The first kappa shape index (κ1) is 72.3. The Labute approximate surface area is 575 Å². The second kappa shape index (κ2) is 35.4. The molecule has 31 heteroatoms. The summed E-state index contributed by atoms with van der Waals surface area (Å²) in [6, 6.07) is 11.2. The van der Waals surface area contributed by atoms with Crippen LogP contribution >= 0.6 is 11.8 Å². The van der Waals surface area contributed by atoms with Crippen molar-refractivity contribution in [1.82, 2.24) is 77.7 Å². The highest BCUT2D eigenvalue weighted by Crippen LogP contribution is 2.33. The van der Waals surface area contributed by atoms with Gasteiger partial charge in [0.05, 0.1) is 50.8 Å². The van der Waals surface area contributed by atoms with E-state index in [-0.39, 0.29) is 114 Å². The summed E-state index contributed by atoms with van der Waals surface area (Å²) >= 11 is 1.85. The van der Waals surface area contributed by atoms with Crippen molar-refractivity contribution < 1.29 is 66.5 Å². The zero-order valence-electron chi connectivity index (χ0n) is 55.2. The van der Waals surface area contributed by atoms with E-state index in [9.17, 15) is 42.7 Å². The number of ether oxygens (including phenoxy) is 3. The average Bonchev–Trinajstić information content (AvgIpc) is 1.67. The Bertz CT molecular complexity index is 3810. The molecule has 0 saturated carbocycles. The maximum absolute atomic E-state index is 15.2. The topological polar surface area (TPSA) is 398 Å². The summed E-state index contributed by atoms with van der Waals surface area (Å²) in [7, 11) is 0. The summed E-state index contributed by atoms with van der Waals surface area (Å²) in [6.45, 7) is 2.58. The molecule has 4 aliphatic heterocycles. The molecule has 10 atom stereocenters. The number of hydrogen-bond donors (Lipinski definition) is 12. The SMILES string of the molecule is C[C@H]1NC(=O)[C@@H](NC(=O)COCCOCCOCCNC(=O)CCCC[C@@H]2SC[C@@H]3NC(=O)N[C@@H]32)Cc2cn(nn2)CCCC[C@@H](C(N)=O)NC(=O)[C@H](Cc2ccc(F)cc2)NC(=O)[C@@H](Cc2c[nH]c3ccccc23)NC(=O)[C@@H](Cc2c[nH]c3ccccc23)NC(=O)[C@H]2CCCN2C1=O. The molecule has 0 radical (unpaired) electrons. The number of nitrogens with two attached hydrogens (primary N) is 1. The van der Waals surface area contributed by atoms with Gasteiger partial charge >= 0.3 is 6.03 Å². The Hall–Kier alpha value is -9.46. The number of amides is 11. The van der Waals surface area contributed by atoms with E-state index in [1.807, 2.05) is 60.3 Å². The fraction of sp³-hybridized carbons (Fsp3) is 0.500. The van der Waals surface area contributed by atoms with Gasteiger partial charge in [0.25, 0.3) is 0 Å². The molecule has 0 aliphatic carbocycles. The lowest BCUT2D eigenvalue weighted by Crippen LogP contribution is -2.60. The summed E-state index contributed by atoms with van der Waals surface area (Å²) in [5, 5.41) is 35.9. The van der Waals surface area contributed by atoms with E-state index in [2.05, 4.69) is 68.1 Å². The molecule has 3 fully saturated rings. The van der Waals surface area contributed by atoms with Crippen LogP contribution in [0, 0.1) is 5.82 Å². The monoisotopic (exact) mass is 1390 g/mol. The number of benzene rings is 3. The fourth-order valence-electron chi connectivity index (χ4n) is 12.9. The van der Waals surface area contributed by atoms with Crippen molar-refractivity contribution in [1.29, 1.82) is 0 Å². The van der Waals surface area contributed by atoms with E-state index in [0.717, 1.165) is 46.8 Å². The minimum Gasteiger partial charge on any atom is -0.377 e. The number of nitrogens with zero attached hydrogens (tertiary/aromatic N) is 4. The van der Waals surface area contributed by atoms with Crippen LogP contribution in [0.25, 0.3) is 21.8 Å². The summed E-state index contributed by atoms with van der Waals surface area (Å²) in [4.78, 5) is 147. The third kappa shape index (κ3) is 20.3. The van der Waals surface area contributed by atoms with Gasteiger partial charge in [-0.2, -0.15) is 11.8 Å². The van der Waals surface area contributed by atoms with E-state index in [1.165, 1.54) is 40.8 Å². The highest BCUT2D eigenvalue weighted by molar-refractivity contribution is 8.00. The smallest absolute Gasteiger partial charge is 0.315 e. The molecule has 3 aromatic carbocycles. The van der Waals surface area contributed by atoms with Crippen LogP contribution in [0.4, 0.5) is 9.18 Å². The van der Waals surface area contributed by atoms with Gasteiger partial charge in [0.1, 0.15) is 54.7 Å². The lowest BCUT2D eigenvalue weighted by molar-refractivity contribution is -0.142.